The smallest absolute Gasteiger partial charge is 0.0921 e. The van der Waals surface area contributed by atoms with E-state index in [9.17, 15) is 0 Å². The molecule has 0 aromatic rings. The Labute approximate surface area is 74.8 Å². The summed E-state index contributed by atoms with van der Waals surface area (Å²) < 4.78 is 5.67. The van der Waals surface area contributed by atoms with E-state index in [-0.39, 0.29) is 5.60 Å². The fraction of sp³-hybridized carbons (Fsp3) is 0.818. The quantitative estimate of drug-likeness (QED) is 0.431. The van der Waals surface area contributed by atoms with Crippen molar-refractivity contribution in [3.63, 3.8) is 0 Å². The topological polar surface area (TPSA) is 12.5 Å². The highest BCUT2D eigenvalue weighted by molar-refractivity contribution is 5.15. The zero-order valence-corrected chi connectivity index (χ0v) is 8.31. The maximum atomic E-state index is 5.67. The molecule has 1 nitrogen and oxygen atoms in total. The van der Waals surface area contributed by atoms with Crippen LogP contribution in [0.25, 0.3) is 0 Å². The number of hydrogen-bond acceptors (Lipinski definition) is 1. The number of fused-ring (bicyclic) bond motifs is 1. The molecule has 3 unspecified atom stereocenters. The molecule has 12 heavy (non-hydrogen) atoms. The molecule has 0 bridgehead atoms. The van der Waals surface area contributed by atoms with Crippen molar-refractivity contribution in [1.82, 2.24) is 0 Å². The van der Waals surface area contributed by atoms with Crippen LogP contribution in [0, 0.1) is 5.41 Å². The van der Waals surface area contributed by atoms with Crippen LogP contribution in [-0.4, -0.2) is 11.7 Å². The molecule has 0 N–H and O–H groups in total. The third kappa shape index (κ3) is 1.03. The van der Waals surface area contributed by atoms with Crippen LogP contribution in [0.5, 0.6) is 0 Å². The van der Waals surface area contributed by atoms with E-state index in [0.717, 1.165) is 0 Å². The summed E-state index contributed by atoms with van der Waals surface area (Å²) in [7, 11) is 0. The van der Waals surface area contributed by atoms with Crippen LogP contribution in [0.4, 0.5) is 0 Å². The Morgan fingerprint density at radius 2 is 2.08 bits per heavy atom. The van der Waals surface area contributed by atoms with Crippen LogP contribution in [0.2, 0.25) is 0 Å². The van der Waals surface area contributed by atoms with Gasteiger partial charge in [0.05, 0.1) is 11.7 Å². The van der Waals surface area contributed by atoms with Crippen LogP contribution in [-0.2, 0) is 4.74 Å². The standard InChI is InChI=1S/C11H18O/c1-8(2)10(3)5-6-11(4)9(7-10)12-11/h9H,1,5-7H2,2-4H3. The minimum absolute atomic E-state index is 0.245. The van der Waals surface area contributed by atoms with Crippen molar-refractivity contribution in [2.45, 2.75) is 51.7 Å². The van der Waals surface area contributed by atoms with Crippen molar-refractivity contribution in [2.75, 3.05) is 0 Å². The second kappa shape index (κ2) is 2.14. The van der Waals surface area contributed by atoms with Gasteiger partial charge in [0.1, 0.15) is 0 Å². The number of epoxide rings is 1. The Morgan fingerprint density at radius 3 is 2.58 bits per heavy atom. The first-order valence-corrected chi connectivity index (χ1v) is 4.80. The fourth-order valence-electron chi connectivity index (χ4n) is 2.19. The first-order valence-electron chi connectivity index (χ1n) is 4.80. The lowest BCUT2D eigenvalue weighted by molar-refractivity contribution is 0.266. The molecular weight excluding hydrogens is 148 g/mol. The molecule has 0 spiro atoms. The lowest BCUT2D eigenvalue weighted by Crippen LogP contribution is -2.29. The highest BCUT2D eigenvalue weighted by atomic mass is 16.6. The first kappa shape index (κ1) is 8.31. The van der Waals surface area contributed by atoms with E-state index in [1.165, 1.54) is 24.8 Å². The molecule has 2 fully saturated rings. The molecule has 0 aromatic heterocycles. The lowest BCUT2D eigenvalue weighted by Gasteiger charge is -2.34. The molecule has 68 valence electrons. The zero-order valence-electron chi connectivity index (χ0n) is 8.31. The molecular formula is C11H18O. The third-order valence-electron chi connectivity index (χ3n) is 3.87. The number of rotatable bonds is 1. The van der Waals surface area contributed by atoms with Crippen molar-refractivity contribution >= 4 is 0 Å². The predicted octanol–water partition coefficient (Wildman–Crippen LogP) is 2.91. The van der Waals surface area contributed by atoms with E-state index >= 15 is 0 Å². The van der Waals surface area contributed by atoms with E-state index in [2.05, 4.69) is 27.4 Å². The summed E-state index contributed by atoms with van der Waals surface area (Å²) in [5, 5.41) is 0. The summed E-state index contributed by atoms with van der Waals surface area (Å²) in [5.41, 5.74) is 1.91. The van der Waals surface area contributed by atoms with Gasteiger partial charge in [-0.3, -0.25) is 0 Å². The van der Waals surface area contributed by atoms with Gasteiger partial charge >= 0.3 is 0 Å². The summed E-state index contributed by atoms with van der Waals surface area (Å²) in [5.74, 6) is 0. The highest BCUT2D eigenvalue weighted by Crippen LogP contribution is 2.55. The monoisotopic (exact) mass is 166 g/mol. The van der Waals surface area contributed by atoms with E-state index in [4.69, 9.17) is 4.74 Å². The molecule has 1 heteroatoms. The number of allylic oxidation sites excluding steroid dienone is 1. The number of hydrogen-bond donors (Lipinski definition) is 0. The minimum Gasteiger partial charge on any atom is -0.366 e. The molecule has 1 saturated carbocycles. The van der Waals surface area contributed by atoms with Crippen molar-refractivity contribution in [2.24, 2.45) is 5.41 Å². The molecule has 2 aliphatic rings. The van der Waals surface area contributed by atoms with Gasteiger partial charge < -0.3 is 4.74 Å². The molecule has 1 aliphatic carbocycles. The van der Waals surface area contributed by atoms with E-state index in [1.54, 1.807) is 0 Å². The summed E-state index contributed by atoms with van der Waals surface area (Å²) >= 11 is 0. The Balaban J connectivity index is 2.10. The van der Waals surface area contributed by atoms with E-state index in [0.29, 0.717) is 11.5 Å². The summed E-state index contributed by atoms with van der Waals surface area (Å²) in [6.07, 6.45) is 4.16. The second-order valence-corrected chi connectivity index (χ2v) is 4.96. The molecule has 0 radical (unpaired) electrons. The van der Waals surface area contributed by atoms with Gasteiger partial charge in [0, 0.05) is 0 Å². The van der Waals surface area contributed by atoms with Crippen LogP contribution < -0.4 is 0 Å². The minimum atomic E-state index is 0.245. The van der Waals surface area contributed by atoms with Crippen LogP contribution in [0.15, 0.2) is 12.2 Å². The summed E-state index contributed by atoms with van der Waals surface area (Å²) in [4.78, 5) is 0. The Hall–Kier alpha value is -0.300. The average Bonchev–Trinajstić information content (AvgIpc) is 2.60. The normalized spacial score (nSPS) is 51.4. The van der Waals surface area contributed by atoms with Gasteiger partial charge in [-0.15, -0.1) is 0 Å². The zero-order chi connectivity index (χ0) is 8.98. The Bertz CT molecular complexity index is 233. The van der Waals surface area contributed by atoms with Crippen molar-refractivity contribution in [3.8, 4) is 0 Å². The molecule has 1 saturated heterocycles. The molecule has 1 aliphatic heterocycles. The van der Waals surface area contributed by atoms with Crippen molar-refractivity contribution in [1.29, 1.82) is 0 Å². The van der Waals surface area contributed by atoms with Crippen molar-refractivity contribution in [3.05, 3.63) is 12.2 Å². The molecule has 0 aromatic carbocycles. The summed E-state index contributed by atoms with van der Waals surface area (Å²) in [6.45, 7) is 10.8. The van der Waals surface area contributed by atoms with Crippen LogP contribution in [0.1, 0.15) is 40.0 Å². The van der Waals surface area contributed by atoms with E-state index < -0.39 is 0 Å². The van der Waals surface area contributed by atoms with Gasteiger partial charge in [0.2, 0.25) is 0 Å². The van der Waals surface area contributed by atoms with Gasteiger partial charge in [-0.1, -0.05) is 19.1 Å². The van der Waals surface area contributed by atoms with Gasteiger partial charge in [-0.25, -0.2) is 0 Å². The summed E-state index contributed by atoms with van der Waals surface area (Å²) in [6, 6.07) is 0. The van der Waals surface area contributed by atoms with E-state index in [1.807, 2.05) is 0 Å². The maximum absolute atomic E-state index is 5.67. The van der Waals surface area contributed by atoms with Gasteiger partial charge in [-0.2, -0.15) is 0 Å². The van der Waals surface area contributed by atoms with Gasteiger partial charge in [0.25, 0.3) is 0 Å². The predicted molar refractivity (Wildman–Crippen MR) is 50.1 cm³/mol. The van der Waals surface area contributed by atoms with Gasteiger partial charge in [-0.05, 0) is 38.5 Å². The molecule has 3 atom stereocenters. The maximum Gasteiger partial charge on any atom is 0.0921 e. The van der Waals surface area contributed by atoms with Crippen molar-refractivity contribution < 1.29 is 4.74 Å². The van der Waals surface area contributed by atoms with Crippen LogP contribution >= 0.6 is 0 Å². The first-order chi connectivity index (χ1) is 5.46. The second-order valence-electron chi connectivity index (χ2n) is 4.96. The SMILES string of the molecule is C=C(C)C1(C)CCC2(C)OC2C1. The molecule has 1 heterocycles. The van der Waals surface area contributed by atoms with Crippen LogP contribution in [0.3, 0.4) is 0 Å². The Kier molecular flexibility index (Phi) is 1.48. The lowest BCUT2D eigenvalue weighted by atomic mass is 9.69. The average molecular weight is 166 g/mol. The fourth-order valence-corrected chi connectivity index (χ4v) is 2.19. The highest BCUT2D eigenvalue weighted by Gasteiger charge is 2.58. The number of ether oxygens (including phenoxy) is 1. The molecule has 0 amide bonds. The van der Waals surface area contributed by atoms with Gasteiger partial charge in [0.15, 0.2) is 0 Å². The molecule has 2 rings (SSSR count). The third-order valence-corrected chi connectivity index (χ3v) is 3.87. The largest absolute Gasteiger partial charge is 0.366 e. The Morgan fingerprint density at radius 1 is 1.42 bits per heavy atom.